The maximum atomic E-state index is 12.4. The molecule has 32 heavy (non-hydrogen) atoms. The van der Waals surface area contributed by atoms with Crippen LogP contribution in [-0.4, -0.2) is 73.3 Å². The maximum Gasteiger partial charge on any atom is 0.410 e. The molecular weight excluding hydrogens is 406 g/mol. The van der Waals surface area contributed by atoms with E-state index in [1.54, 1.807) is 6.26 Å². The number of carbonyl (C=O) groups is 1. The zero-order valence-electron chi connectivity index (χ0n) is 20.2. The Labute approximate surface area is 192 Å². The minimum atomic E-state index is -0.465. The van der Waals surface area contributed by atoms with E-state index < -0.39 is 5.60 Å². The lowest BCUT2D eigenvalue weighted by Crippen LogP contribution is -2.47. The summed E-state index contributed by atoms with van der Waals surface area (Å²) >= 11 is 0. The van der Waals surface area contributed by atoms with Gasteiger partial charge in [0.05, 0.1) is 18.8 Å². The molecule has 8 heteroatoms. The van der Waals surface area contributed by atoms with Gasteiger partial charge < -0.3 is 24.7 Å². The number of nitrogens with one attached hydrogen (secondary N) is 2. The van der Waals surface area contributed by atoms with E-state index in [9.17, 15) is 4.79 Å². The second-order valence-electron chi connectivity index (χ2n) is 9.81. The Kier molecular flexibility index (Phi) is 8.84. The quantitative estimate of drug-likeness (QED) is 0.491. The largest absolute Gasteiger partial charge is 0.468 e. The van der Waals surface area contributed by atoms with Gasteiger partial charge in [-0.1, -0.05) is 0 Å². The van der Waals surface area contributed by atoms with Crippen molar-refractivity contribution in [2.45, 2.75) is 65.0 Å². The van der Waals surface area contributed by atoms with Crippen molar-refractivity contribution < 1.29 is 13.9 Å². The van der Waals surface area contributed by atoms with Crippen molar-refractivity contribution in [2.75, 3.05) is 45.8 Å². The fourth-order valence-corrected chi connectivity index (χ4v) is 4.40. The van der Waals surface area contributed by atoms with Crippen molar-refractivity contribution in [3.05, 3.63) is 24.2 Å². The average molecular weight is 448 g/mol. The van der Waals surface area contributed by atoms with Crippen LogP contribution >= 0.6 is 0 Å². The van der Waals surface area contributed by atoms with E-state index in [1.165, 1.54) is 12.8 Å². The van der Waals surface area contributed by atoms with Gasteiger partial charge in [-0.25, -0.2) is 4.79 Å². The molecule has 0 saturated carbocycles. The van der Waals surface area contributed by atoms with Gasteiger partial charge in [0.15, 0.2) is 5.96 Å². The summed E-state index contributed by atoms with van der Waals surface area (Å²) in [7, 11) is 0. The maximum absolute atomic E-state index is 12.4. The SMILES string of the molecule is CCNC(=NCC(c1ccco1)N1CCCC1)NCC1CCCN(C(=O)OC(C)(C)C)C1. The Bertz CT molecular complexity index is 722. The van der Waals surface area contributed by atoms with Crippen LogP contribution in [0.15, 0.2) is 27.8 Å². The molecule has 2 aliphatic heterocycles. The molecule has 1 aromatic heterocycles. The van der Waals surface area contributed by atoms with E-state index in [2.05, 4.69) is 22.5 Å². The predicted molar refractivity (Wildman–Crippen MR) is 127 cm³/mol. The zero-order valence-corrected chi connectivity index (χ0v) is 20.2. The van der Waals surface area contributed by atoms with E-state index in [-0.39, 0.29) is 12.1 Å². The number of aliphatic imine (C=N–C) groups is 1. The van der Waals surface area contributed by atoms with Crippen LogP contribution in [0, 0.1) is 5.92 Å². The van der Waals surface area contributed by atoms with Crippen LogP contribution in [0.3, 0.4) is 0 Å². The average Bonchev–Trinajstić information content (AvgIpc) is 3.46. The van der Waals surface area contributed by atoms with Crippen LogP contribution in [0.25, 0.3) is 0 Å². The van der Waals surface area contributed by atoms with E-state index in [0.717, 1.165) is 57.3 Å². The lowest BCUT2D eigenvalue weighted by Gasteiger charge is -2.34. The van der Waals surface area contributed by atoms with Gasteiger partial charge in [0.25, 0.3) is 0 Å². The summed E-state index contributed by atoms with van der Waals surface area (Å²) in [6.07, 6.45) is 6.08. The first-order valence-electron chi connectivity index (χ1n) is 12.1. The van der Waals surface area contributed by atoms with Gasteiger partial charge in [-0.15, -0.1) is 0 Å². The number of likely N-dealkylation sites (tertiary alicyclic amines) is 2. The Balaban J connectivity index is 1.56. The number of hydrogen-bond donors (Lipinski definition) is 2. The number of guanidine groups is 1. The van der Waals surface area contributed by atoms with Gasteiger partial charge in [0.1, 0.15) is 11.4 Å². The van der Waals surface area contributed by atoms with Crippen molar-refractivity contribution in [1.29, 1.82) is 0 Å². The van der Waals surface area contributed by atoms with Gasteiger partial charge in [0.2, 0.25) is 0 Å². The Morgan fingerprint density at radius 1 is 1.25 bits per heavy atom. The molecule has 0 radical (unpaired) electrons. The summed E-state index contributed by atoms with van der Waals surface area (Å²) in [6, 6.07) is 4.16. The number of carbonyl (C=O) groups excluding carboxylic acids is 1. The molecule has 2 saturated heterocycles. The van der Waals surface area contributed by atoms with Crippen LogP contribution in [-0.2, 0) is 4.74 Å². The first-order chi connectivity index (χ1) is 15.4. The van der Waals surface area contributed by atoms with Crippen molar-refractivity contribution in [1.82, 2.24) is 20.4 Å². The van der Waals surface area contributed by atoms with E-state index >= 15 is 0 Å². The van der Waals surface area contributed by atoms with Crippen molar-refractivity contribution in [3.63, 3.8) is 0 Å². The molecule has 2 N–H and O–H groups in total. The number of piperidine rings is 1. The first-order valence-corrected chi connectivity index (χ1v) is 12.1. The van der Waals surface area contributed by atoms with Gasteiger partial charge >= 0.3 is 6.09 Å². The minimum Gasteiger partial charge on any atom is -0.468 e. The summed E-state index contributed by atoms with van der Waals surface area (Å²) < 4.78 is 11.3. The summed E-state index contributed by atoms with van der Waals surface area (Å²) in [5.41, 5.74) is -0.465. The molecule has 3 rings (SSSR count). The fourth-order valence-electron chi connectivity index (χ4n) is 4.40. The number of ether oxygens (including phenoxy) is 1. The number of furan rings is 1. The van der Waals surface area contributed by atoms with Crippen molar-refractivity contribution >= 4 is 12.1 Å². The smallest absolute Gasteiger partial charge is 0.410 e. The molecule has 180 valence electrons. The fraction of sp³-hybridized carbons (Fsp3) is 0.750. The Morgan fingerprint density at radius 3 is 2.69 bits per heavy atom. The number of rotatable bonds is 7. The van der Waals surface area contributed by atoms with Gasteiger partial charge in [-0.2, -0.15) is 0 Å². The number of amides is 1. The highest BCUT2D eigenvalue weighted by atomic mass is 16.6. The third-order valence-corrected chi connectivity index (χ3v) is 5.95. The summed E-state index contributed by atoms with van der Waals surface area (Å²) in [5, 5.41) is 6.86. The minimum absolute atomic E-state index is 0.167. The van der Waals surface area contributed by atoms with E-state index in [0.29, 0.717) is 19.0 Å². The Hall–Kier alpha value is -2.22. The molecule has 2 unspecified atom stereocenters. The van der Waals surface area contributed by atoms with Crippen LogP contribution in [0.2, 0.25) is 0 Å². The molecule has 2 aliphatic rings. The Morgan fingerprint density at radius 2 is 2.03 bits per heavy atom. The molecule has 1 amide bonds. The monoisotopic (exact) mass is 447 g/mol. The van der Waals surface area contributed by atoms with Crippen LogP contribution in [0.4, 0.5) is 4.79 Å². The highest BCUT2D eigenvalue weighted by molar-refractivity contribution is 5.79. The van der Waals surface area contributed by atoms with Gasteiger partial charge in [0, 0.05) is 26.2 Å². The third-order valence-electron chi connectivity index (χ3n) is 5.95. The van der Waals surface area contributed by atoms with Crippen LogP contribution in [0.5, 0.6) is 0 Å². The van der Waals surface area contributed by atoms with Gasteiger partial charge in [-0.05, 0) is 84.5 Å². The molecule has 0 bridgehead atoms. The standard InChI is InChI=1S/C24H41N5O3/c1-5-25-22(27-17-20(21-11-9-15-31-21)28-12-6-7-13-28)26-16-19-10-8-14-29(18-19)23(30)32-24(2,3)4/h9,11,15,19-20H,5-8,10,12-14,16-18H2,1-4H3,(H2,25,26,27). The molecule has 0 aromatic carbocycles. The number of hydrogen-bond acceptors (Lipinski definition) is 5. The topological polar surface area (TPSA) is 82.3 Å². The molecule has 0 spiro atoms. The molecule has 2 atom stereocenters. The van der Waals surface area contributed by atoms with Crippen LogP contribution < -0.4 is 10.6 Å². The van der Waals surface area contributed by atoms with Gasteiger partial charge in [-0.3, -0.25) is 9.89 Å². The summed E-state index contributed by atoms with van der Waals surface area (Å²) in [5.74, 6) is 2.17. The molecular formula is C24H41N5O3. The van der Waals surface area contributed by atoms with Crippen molar-refractivity contribution in [2.24, 2.45) is 10.9 Å². The van der Waals surface area contributed by atoms with Crippen LogP contribution in [0.1, 0.15) is 65.2 Å². The normalized spacial score (nSPS) is 21.4. The molecule has 1 aromatic rings. The predicted octanol–water partition coefficient (Wildman–Crippen LogP) is 3.62. The summed E-state index contributed by atoms with van der Waals surface area (Å²) in [6.45, 7) is 13.7. The molecule has 0 aliphatic carbocycles. The second kappa shape index (κ2) is 11.6. The first kappa shape index (κ1) is 24.4. The lowest BCUT2D eigenvalue weighted by molar-refractivity contribution is 0.0168. The second-order valence-corrected chi connectivity index (χ2v) is 9.81. The highest BCUT2D eigenvalue weighted by Crippen LogP contribution is 2.26. The lowest BCUT2D eigenvalue weighted by atomic mass is 9.98. The molecule has 8 nitrogen and oxygen atoms in total. The summed E-state index contributed by atoms with van der Waals surface area (Å²) in [4.78, 5) is 21.6. The van der Waals surface area contributed by atoms with E-state index in [4.69, 9.17) is 14.1 Å². The highest BCUT2D eigenvalue weighted by Gasteiger charge is 2.28. The van der Waals surface area contributed by atoms with E-state index in [1.807, 2.05) is 37.8 Å². The molecule has 3 heterocycles. The third kappa shape index (κ3) is 7.43. The van der Waals surface area contributed by atoms with Crippen molar-refractivity contribution in [3.8, 4) is 0 Å². The number of nitrogens with zero attached hydrogens (tertiary/aromatic N) is 3. The molecule has 2 fully saturated rings. The zero-order chi connectivity index (χ0) is 23.0.